The summed E-state index contributed by atoms with van der Waals surface area (Å²) >= 11 is 0. The van der Waals surface area contributed by atoms with Crippen molar-refractivity contribution in [3.63, 3.8) is 0 Å². The van der Waals surface area contributed by atoms with Crippen molar-refractivity contribution in [2.24, 2.45) is 51.3 Å². The number of nitrogens with one attached hydrogen (secondary N) is 3. The predicted octanol–water partition coefficient (Wildman–Crippen LogP) is 0.670. The largest absolute Gasteiger partial charge is 0.393 e. The number of amides is 3. The average Bonchev–Trinajstić information content (AvgIpc) is 3.05. The lowest BCUT2D eigenvalue weighted by Crippen LogP contribution is -2.75. The summed E-state index contributed by atoms with van der Waals surface area (Å²) in [6, 6.07) is -0.858. The first kappa shape index (κ1) is 24.9. The van der Waals surface area contributed by atoms with Gasteiger partial charge in [-0.25, -0.2) is 10.2 Å². The number of nitrogens with two attached hydrogens (primary N) is 1. The van der Waals surface area contributed by atoms with Gasteiger partial charge in [0.25, 0.3) is 0 Å². The maximum atomic E-state index is 12.6. The molecule has 0 aromatic heterocycles. The van der Waals surface area contributed by atoms with Crippen LogP contribution in [0.2, 0.25) is 0 Å². The molecule has 2 saturated heterocycles. The Labute approximate surface area is 206 Å². The second kappa shape index (κ2) is 8.13. The fraction of sp³-hybridized carbons (Fsp3) is 0.880. The minimum absolute atomic E-state index is 0.0925. The van der Waals surface area contributed by atoms with Crippen molar-refractivity contribution in [3.8, 4) is 0 Å². The van der Waals surface area contributed by atoms with Crippen molar-refractivity contribution >= 4 is 17.6 Å². The minimum atomic E-state index is -0.971. The van der Waals surface area contributed by atoms with E-state index in [0.717, 1.165) is 25.0 Å². The van der Waals surface area contributed by atoms with E-state index in [0.29, 0.717) is 18.8 Å². The van der Waals surface area contributed by atoms with Crippen LogP contribution in [-0.2, 0) is 9.53 Å². The van der Waals surface area contributed by atoms with Gasteiger partial charge in [-0.2, -0.15) is 5.10 Å². The second-order valence-corrected chi connectivity index (χ2v) is 12.5. The molecule has 11 unspecified atom stereocenters. The van der Waals surface area contributed by atoms with Crippen LogP contribution in [0.25, 0.3) is 0 Å². The Morgan fingerprint density at radius 2 is 1.94 bits per heavy atom. The summed E-state index contributed by atoms with van der Waals surface area (Å²) in [5.74, 6) is -0.709. The summed E-state index contributed by atoms with van der Waals surface area (Å²) in [5.41, 5.74) is 7.43. The van der Waals surface area contributed by atoms with Crippen LogP contribution in [0.4, 0.5) is 4.79 Å². The molecule has 5 rings (SSSR count). The number of carbonyl (C=O) groups is 2. The summed E-state index contributed by atoms with van der Waals surface area (Å²) in [6.07, 6.45) is 1.70. The van der Waals surface area contributed by atoms with E-state index >= 15 is 0 Å². The monoisotopic (exact) mass is 491 g/mol. The zero-order valence-corrected chi connectivity index (χ0v) is 21.4. The van der Waals surface area contributed by atoms with Crippen LogP contribution in [0.5, 0.6) is 0 Å². The first-order valence-electron chi connectivity index (χ1n) is 13.0. The Balaban J connectivity index is 1.62. The van der Waals surface area contributed by atoms with Gasteiger partial charge in [0, 0.05) is 17.3 Å². The highest BCUT2D eigenvalue weighted by atomic mass is 16.5. The number of aliphatic hydroxyl groups is 2. The van der Waals surface area contributed by atoms with Crippen LogP contribution < -0.4 is 21.8 Å². The van der Waals surface area contributed by atoms with Gasteiger partial charge >= 0.3 is 6.03 Å². The zero-order chi connectivity index (χ0) is 25.5. The smallest absolute Gasteiger partial charge is 0.332 e. The molecule has 0 aromatic rings. The number of fused-ring (bicyclic) bond motifs is 3. The molecule has 3 saturated carbocycles. The summed E-state index contributed by atoms with van der Waals surface area (Å²) < 4.78 is 7.28. The van der Waals surface area contributed by atoms with Gasteiger partial charge in [0.2, 0.25) is 5.91 Å². The maximum absolute atomic E-state index is 12.6. The van der Waals surface area contributed by atoms with Gasteiger partial charge in [-0.3, -0.25) is 4.79 Å². The number of hydrogen-bond acceptors (Lipinski definition) is 7. The number of ether oxygens (including phenoxy) is 1. The molecule has 1 spiro atoms. The number of urea groups is 1. The Morgan fingerprint density at radius 3 is 2.60 bits per heavy atom. The van der Waals surface area contributed by atoms with Gasteiger partial charge in [0.1, 0.15) is 6.23 Å². The van der Waals surface area contributed by atoms with E-state index in [4.69, 9.17) is 10.5 Å². The van der Waals surface area contributed by atoms with Crippen molar-refractivity contribution in [3.05, 3.63) is 0 Å². The SMILES string of the molecule is CNC1CC23OC4C(CC2(C)C(C)CCC3C(C)(C)C1=NNC(N)=O)C(O)CC1C(=O)NC(O)C14. The number of nitrogens with zero attached hydrogens (tertiary/aromatic N) is 1. The molecular formula is C25H41N5O5. The number of hydrazone groups is 1. The van der Waals surface area contributed by atoms with Gasteiger partial charge in [-0.05, 0) is 56.4 Å². The Bertz CT molecular complexity index is 941. The van der Waals surface area contributed by atoms with Crippen molar-refractivity contribution in [1.29, 1.82) is 0 Å². The minimum Gasteiger partial charge on any atom is -0.393 e. The third kappa shape index (κ3) is 3.32. The highest BCUT2D eigenvalue weighted by molar-refractivity contribution is 5.96. The van der Waals surface area contributed by atoms with Crippen LogP contribution in [0.3, 0.4) is 0 Å². The van der Waals surface area contributed by atoms with Crippen LogP contribution in [0, 0.1) is 40.4 Å². The van der Waals surface area contributed by atoms with Crippen LogP contribution >= 0.6 is 0 Å². The number of carbonyl (C=O) groups excluding carboxylic acids is 2. The van der Waals surface area contributed by atoms with E-state index in [2.05, 4.69) is 48.9 Å². The standard InChI is InChI=1S/C25H41N5O5/c1-11-6-7-16-23(2,3)19(29-30-22(26)34)14(27-5)10-25(16)24(11,4)9-13-15(31)8-12-17(18(13)35-25)21(33)28-20(12)32/h11-18,21,27,31,33H,6-10H2,1-5H3,(H,28,32)(H3,26,30,34). The molecule has 2 heterocycles. The molecular weight excluding hydrogens is 450 g/mol. The molecule has 2 aliphatic heterocycles. The molecule has 5 fully saturated rings. The summed E-state index contributed by atoms with van der Waals surface area (Å²) in [4.78, 5) is 24.1. The van der Waals surface area contributed by atoms with E-state index in [1.807, 2.05) is 7.05 Å². The predicted molar refractivity (Wildman–Crippen MR) is 129 cm³/mol. The first-order valence-corrected chi connectivity index (χ1v) is 13.0. The maximum Gasteiger partial charge on any atom is 0.332 e. The lowest BCUT2D eigenvalue weighted by atomic mass is 9.41. The van der Waals surface area contributed by atoms with Gasteiger partial charge in [-0.1, -0.05) is 27.7 Å². The van der Waals surface area contributed by atoms with Crippen molar-refractivity contribution in [1.82, 2.24) is 16.1 Å². The van der Waals surface area contributed by atoms with Crippen molar-refractivity contribution < 1.29 is 24.5 Å². The molecule has 10 nitrogen and oxygen atoms in total. The van der Waals surface area contributed by atoms with Crippen LogP contribution in [0.15, 0.2) is 5.10 Å². The Hall–Kier alpha value is -1.75. The summed E-state index contributed by atoms with van der Waals surface area (Å²) in [6.45, 7) is 8.91. The topological polar surface area (TPSA) is 158 Å². The van der Waals surface area contributed by atoms with E-state index in [1.54, 1.807) is 0 Å². The van der Waals surface area contributed by atoms with Crippen LogP contribution in [-0.4, -0.2) is 65.0 Å². The van der Waals surface area contributed by atoms with Crippen molar-refractivity contribution in [2.45, 2.75) is 89.9 Å². The molecule has 3 amide bonds. The quantitative estimate of drug-likeness (QED) is 0.312. The van der Waals surface area contributed by atoms with Gasteiger partial charge in [-0.15, -0.1) is 0 Å². The first-order chi connectivity index (χ1) is 16.4. The third-order valence-corrected chi connectivity index (χ3v) is 10.8. The van der Waals surface area contributed by atoms with E-state index < -0.39 is 41.4 Å². The molecule has 0 radical (unpaired) electrons. The lowest BCUT2D eigenvalue weighted by molar-refractivity contribution is -0.325. The molecule has 0 aromatic carbocycles. The highest BCUT2D eigenvalue weighted by Crippen LogP contribution is 2.68. The molecule has 7 N–H and O–H groups in total. The van der Waals surface area contributed by atoms with E-state index in [1.165, 1.54) is 0 Å². The molecule has 3 aliphatic carbocycles. The van der Waals surface area contributed by atoms with Gasteiger partial charge in [0.15, 0.2) is 0 Å². The molecule has 10 heteroatoms. The fourth-order valence-electron chi connectivity index (χ4n) is 8.85. The number of primary amides is 1. The third-order valence-electron chi connectivity index (χ3n) is 10.8. The number of hydrogen-bond donors (Lipinski definition) is 6. The molecule has 11 atom stereocenters. The zero-order valence-electron chi connectivity index (χ0n) is 21.4. The fourth-order valence-corrected chi connectivity index (χ4v) is 8.85. The van der Waals surface area contributed by atoms with Gasteiger partial charge < -0.3 is 31.3 Å². The molecule has 5 aliphatic rings. The molecule has 196 valence electrons. The summed E-state index contributed by atoms with van der Waals surface area (Å²) in [7, 11) is 1.89. The van der Waals surface area contributed by atoms with Crippen LogP contribution in [0.1, 0.15) is 59.8 Å². The average molecular weight is 492 g/mol. The Morgan fingerprint density at radius 1 is 1.23 bits per heavy atom. The normalized spacial score (nSPS) is 51.5. The summed E-state index contributed by atoms with van der Waals surface area (Å²) in [5, 5.41) is 32.5. The lowest BCUT2D eigenvalue weighted by Gasteiger charge is -2.70. The van der Waals surface area contributed by atoms with E-state index in [9.17, 15) is 19.8 Å². The van der Waals surface area contributed by atoms with Gasteiger partial charge in [0.05, 0.1) is 35.5 Å². The Kier molecular flexibility index (Phi) is 5.79. The second-order valence-electron chi connectivity index (χ2n) is 12.5. The number of rotatable bonds is 2. The van der Waals surface area contributed by atoms with Crippen molar-refractivity contribution in [2.75, 3.05) is 7.05 Å². The number of aliphatic hydroxyl groups excluding tert-OH is 2. The highest BCUT2D eigenvalue weighted by Gasteiger charge is 2.72. The molecule has 0 bridgehead atoms. The van der Waals surface area contributed by atoms with E-state index in [-0.39, 0.29) is 35.1 Å². The molecule has 35 heavy (non-hydrogen) atoms.